The second-order valence-corrected chi connectivity index (χ2v) is 6.35. The Balaban J connectivity index is 1.49. The molecule has 1 aromatic carbocycles. The zero-order valence-corrected chi connectivity index (χ0v) is 12.5. The van der Waals surface area contributed by atoms with Crippen LogP contribution in [0, 0.1) is 6.92 Å². The fraction of sp³-hybridized carbons (Fsp3) is 0.647. The molecule has 0 aliphatic carbocycles. The average Bonchev–Trinajstić information content (AvgIpc) is 2.92. The SMILES string of the molecule is Cc1cccc(C(O)CCN2CCN3CCCC3C2)c1. The Morgan fingerprint density at radius 3 is 3.05 bits per heavy atom. The van der Waals surface area contributed by atoms with Gasteiger partial charge < -0.3 is 10.0 Å². The number of nitrogens with zero attached hydrogens (tertiary/aromatic N) is 2. The van der Waals surface area contributed by atoms with Crippen molar-refractivity contribution in [1.82, 2.24) is 9.80 Å². The van der Waals surface area contributed by atoms with Crippen LogP contribution in [0.5, 0.6) is 0 Å². The monoisotopic (exact) mass is 274 g/mol. The summed E-state index contributed by atoms with van der Waals surface area (Å²) in [4.78, 5) is 5.17. The van der Waals surface area contributed by atoms with Gasteiger partial charge in [-0.3, -0.25) is 4.90 Å². The van der Waals surface area contributed by atoms with E-state index in [0.29, 0.717) is 0 Å². The van der Waals surface area contributed by atoms with Gasteiger partial charge in [0.05, 0.1) is 6.10 Å². The Morgan fingerprint density at radius 1 is 1.30 bits per heavy atom. The van der Waals surface area contributed by atoms with Gasteiger partial charge in [0.15, 0.2) is 0 Å². The van der Waals surface area contributed by atoms with Crippen LogP contribution in [-0.2, 0) is 0 Å². The fourth-order valence-corrected chi connectivity index (χ4v) is 3.61. The second-order valence-electron chi connectivity index (χ2n) is 6.35. The highest BCUT2D eigenvalue weighted by Gasteiger charge is 2.30. The van der Waals surface area contributed by atoms with E-state index in [4.69, 9.17) is 0 Å². The van der Waals surface area contributed by atoms with Gasteiger partial charge in [0.2, 0.25) is 0 Å². The highest BCUT2D eigenvalue weighted by molar-refractivity contribution is 5.23. The molecule has 1 aromatic rings. The molecule has 3 rings (SSSR count). The van der Waals surface area contributed by atoms with Gasteiger partial charge in [0, 0.05) is 32.2 Å². The van der Waals surface area contributed by atoms with Crippen LogP contribution in [0.25, 0.3) is 0 Å². The van der Waals surface area contributed by atoms with Crippen LogP contribution in [0.1, 0.15) is 36.5 Å². The first-order valence-corrected chi connectivity index (χ1v) is 7.93. The molecule has 0 saturated carbocycles. The number of rotatable bonds is 4. The summed E-state index contributed by atoms with van der Waals surface area (Å²) < 4.78 is 0. The molecule has 3 heteroatoms. The molecule has 2 fully saturated rings. The Kier molecular flexibility index (Phi) is 4.39. The van der Waals surface area contributed by atoms with Gasteiger partial charge in [-0.15, -0.1) is 0 Å². The van der Waals surface area contributed by atoms with Crippen molar-refractivity contribution >= 4 is 0 Å². The van der Waals surface area contributed by atoms with Crippen LogP contribution in [0.4, 0.5) is 0 Å². The average molecular weight is 274 g/mol. The summed E-state index contributed by atoms with van der Waals surface area (Å²) in [5.41, 5.74) is 2.28. The van der Waals surface area contributed by atoms with Crippen molar-refractivity contribution in [3.63, 3.8) is 0 Å². The molecule has 2 atom stereocenters. The van der Waals surface area contributed by atoms with Crippen molar-refractivity contribution in [1.29, 1.82) is 0 Å². The third-order valence-electron chi connectivity index (χ3n) is 4.82. The molecule has 0 aromatic heterocycles. The smallest absolute Gasteiger partial charge is 0.0802 e. The van der Waals surface area contributed by atoms with Crippen LogP contribution in [0.2, 0.25) is 0 Å². The van der Waals surface area contributed by atoms with Gasteiger partial charge in [-0.25, -0.2) is 0 Å². The summed E-state index contributed by atoms with van der Waals surface area (Å²) in [6.07, 6.45) is 3.24. The Morgan fingerprint density at radius 2 is 2.20 bits per heavy atom. The molecule has 2 unspecified atom stereocenters. The van der Waals surface area contributed by atoms with Gasteiger partial charge in [0.25, 0.3) is 0 Å². The molecule has 20 heavy (non-hydrogen) atoms. The summed E-state index contributed by atoms with van der Waals surface area (Å²) in [5, 5.41) is 10.3. The minimum atomic E-state index is -0.323. The Bertz CT molecular complexity index is 448. The van der Waals surface area contributed by atoms with Crippen molar-refractivity contribution in [2.45, 2.75) is 38.3 Å². The van der Waals surface area contributed by atoms with Gasteiger partial charge >= 0.3 is 0 Å². The number of aryl methyl sites for hydroxylation is 1. The molecule has 2 saturated heterocycles. The highest BCUT2D eigenvalue weighted by atomic mass is 16.3. The number of aliphatic hydroxyl groups is 1. The van der Waals surface area contributed by atoms with Gasteiger partial charge in [-0.1, -0.05) is 29.8 Å². The van der Waals surface area contributed by atoms with Gasteiger partial charge in [0.1, 0.15) is 0 Å². The molecule has 110 valence electrons. The number of hydrogen-bond acceptors (Lipinski definition) is 3. The number of hydrogen-bond donors (Lipinski definition) is 1. The van der Waals surface area contributed by atoms with Gasteiger partial charge in [-0.05, 0) is 38.3 Å². The molecule has 0 amide bonds. The van der Waals surface area contributed by atoms with Gasteiger partial charge in [-0.2, -0.15) is 0 Å². The molecule has 2 heterocycles. The first-order valence-electron chi connectivity index (χ1n) is 7.93. The summed E-state index contributed by atoms with van der Waals surface area (Å²) in [7, 11) is 0. The third-order valence-corrected chi connectivity index (χ3v) is 4.82. The van der Waals surface area contributed by atoms with E-state index in [9.17, 15) is 5.11 Å². The zero-order chi connectivity index (χ0) is 13.9. The van der Waals surface area contributed by atoms with E-state index in [0.717, 1.165) is 31.1 Å². The first kappa shape index (κ1) is 14.1. The number of fused-ring (bicyclic) bond motifs is 1. The Hall–Kier alpha value is -0.900. The van der Waals surface area contributed by atoms with Crippen molar-refractivity contribution < 1.29 is 5.11 Å². The summed E-state index contributed by atoms with van der Waals surface area (Å²) in [5.74, 6) is 0. The summed E-state index contributed by atoms with van der Waals surface area (Å²) in [6.45, 7) is 7.96. The molecule has 0 bridgehead atoms. The molecule has 0 spiro atoms. The topological polar surface area (TPSA) is 26.7 Å². The first-order chi connectivity index (χ1) is 9.72. The highest BCUT2D eigenvalue weighted by Crippen LogP contribution is 2.23. The molecule has 1 N–H and O–H groups in total. The molecular weight excluding hydrogens is 248 g/mol. The predicted molar refractivity (Wildman–Crippen MR) is 81.8 cm³/mol. The Labute approximate surface area is 122 Å². The molecule has 2 aliphatic rings. The minimum Gasteiger partial charge on any atom is -0.388 e. The van der Waals surface area contributed by atoms with Crippen molar-refractivity contribution in [3.8, 4) is 0 Å². The van der Waals surface area contributed by atoms with Crippen LogP contribution in [0.15, 0.2) is 24.3 Å². The van der Waals surface area contributed by atoms with Crippen LogP contribution in [0.3, 0.4) is 0 Å². The fourth-order valence-electron chi connectivity index (χ4n) is 3.61. The van der Waals surface area contributed by atoms with E-state index in [2.05, 4.69) is 28.9 Å². The normalized spacial score (nSPS) is 25.6. The lowest BCUT2D eigenvalue weighted by molar-refractivity contribution is 0.0835. The van der Waals surface area contributed by atoms with E-state index >= 15 is 0 Å². The maximum Gasteiger partial charge on any atom is 0.0802 e. The lowest BCUT2D eigenvalue weighted by Gasteiger charge is -2.37. The zero-order valence-electron chi connectivity index (χ0n) is 12.5. The largest absolute Gasteiger partial charge is 0.388 e. The van der Waals surface area contributed by atoms with Crippen molar-refractivity contribution in [3.05, 3.63) is 35.4 Å². The lowest BCUT2D eigenvalue weighted by Crippen LogP contribution is -2.50. The van der Waals surface area contributed by atoms with E-state index in [1.165, 1.54) is 38.0 Å². The molecular formula is C17H26N2O. The molecule has 3 nitrogen and oxygen atoms in total. The summed E-state index contributed by atoms with van der Waals surface area (Å²) >= 11 is 0. The van der Waals surface area contributed by atoms with E-state index in [1.54, 1.807) is 0 Å². The number of piperazine rings is 1. The molecule has 0 radical (unpaired) electrons. The number of aliphatic hydroxyl groups excluding tert-OH is 1. The maximum atomic E-state index is 10.3. The standard InChI is InChI=1S/C17H26N2O/c1-14-4-2-5-15(12-14)17(20)7-9-18-10-11-19-8-3-6-16(19)13-18/h2,4-5,12,16-17,20H,3,6-11,13H2,1H3. The lowest BCUT2D eigenvalue weighted by atomic mass is 10.0. The number of benzene rings is 1. The van der Waals surface area contributed by atoms with Crippen molar-refractivity contribution in [2.24, 2.45) is 0 Å². The minimum absolute atomic E-state index is 0.323. The van der Waals surface area contributed by atoms with Crippen LogP contribution >= 0.6 is 0 Å². The quantitative estimate of drug-likeness (QED) is 0.912. The third kappa shape index (κ3) is 3.22. The van der Waals surface area contributed by atoms with Crippen molar-refractivity contribution in [2.75, 3.05) is 32.7 Å². The summed E-state index contributed by atoms with van der Waals surface area (Å²) in [6, 6.07) is 9.02. The maximum absolute atomic E-state index is 10.3. The second kappa shape index (κ2) is 6.25. The van der Waals surface area contributed by atoms with E-state index < -0.39 is 0 Å². The molecule has 2 aliphatic heterocycles. The van der Waals surface area contributed by atoms with Crippen LogP contribution < -0.4 is 0 Å². The van der Waals surface area contributed by atoms with Crippen LogP contribution in [-0.4, -0.2) is 53.7 Å². The predicted octanol–water partition coefficient (Wildman–Crippen LogP) is 2.20. The van der Waals surface area contributed by atoms with E-state index in [1.807, 2.05) is 12.1 Å². The van der Waals surface area contributed by atoms with E-state index in [-0.39, 0.29) is 6.10 Å².